The Balaban J connectivity index is 2.03. The van der Waals surface area contributed by atoms with Crippen molar-refractivity contribution in [2.45, 2.75) is 39.7 Å². The van der Waals surface area contributed by atoms with Gasteiger partial charge in [-0.2, -0.15) is 0 Å². The fourth-order valence-corrected chi connectivity index (χ4v) is 6.11. The summed E-state index contributed by atoms with van der Waals surface area (Å²) in [7, 11) is 3.04. The zero-order valence-electron chi connectivity index (χ0n) is 22.9. The lowest BCUT2D eigenvalue weighted by Gasteiger charge is -2.27. The van der Waals surface area contributed by atoms with Gasteiger partial charge in [-0.3, -0.25) is 9.36 Å². The lowest BCUT2D eigenvalue weighted by Crippen LogP contribution is -2.40. The smallest absolute Gasteiger partial charge is 0.338 e. The number of methoxy groups -OCH3 is 2. The molecule has 1 atom stereocenters. The highest BCUT2D eigenvalue weighted by Gasteiger charge is 2.36. The van der Waals surface area contributed by atoms with Crippen LogP contribution in [0.4, 0.5) is 0 Å². The largest absolute Gasteiger partial charge is 0.496 e. The average Bonchev–Trinajstić information content (AvgIpc) is 3.22. The average molecular weight is 606 g/mol. The van der Waals surface area contributed by atoms with Crippen molar-refractivity contribution < 1.29 is 23.7 Å². The van der Waals surface area contributed by atoms with Gasteiger partial charge in [-0.25, -0.2) is 9.79 Å². The molecule has 0 saturated carbocycles. The first-order valence-corrected chi connectivity index (χ1v) is 14.4. The molecule has 0 unspecified atom stereocenters. The molecule has 0 N–H and O–H groups in total. The van der Waals surface area contributed by atoms with Crippen LogP contribution in [-0.2, 0) is 9.53 Å². The second-order valence-electron chi connectivity index (χ2n) is 8.77. The third-order valence-electron chi connectivity index (χ3n) is 6.21. The summed E-state index contributed by atoms with van der Waals surface area (Å²) in [4.78, 5) is 32.7. The van der Waals surface area contributed by atoms with Crippen molar-refractivity contribution >= 4 is 46.6 Å². The molecular formula is C29H30Cl2N2O6S. The zero-order chi connectivity index (χ0) is 29.0. The molecule has 3 aromatic rings. The quantitative estimate of drug-likeness (QED) is 0.292. The number of carbonyl (C=O) groups excluding carboxylic acids is 1. The van der Waals surface area contributed by atoms with Crippen LogP contribution in [-0.4, -0.2) is 38.0 Å². The zero-order valence-corrected chi connectivity index (χ0v) is 25.2. The number of hydrogen-bond acceptors (Lipinski definition) is 8. The van der Waals surface area contributed by atoms with Crippen molar-refractivity contribution in [3.63, 3.8) is 0 Å². The van der Waals surface area contributed by atoms with Crippen LogP contribution in [0.25, 0.3) is 6.08 Å². The summed E-state index contributed by atoms with van der Waals surface area (Å²) >= 11 is 14.1. The number of rotatable bonds is 10. The highest BCUT2D eigenvalue weighted by Crippen LogP contribution is 2.39. The van der Waals surface area contributed by atoms with Gasteiger partial charge in [0.15, 0.2) is 16.3 Å². The maximum Gasteiger partial charge on any atom is 0.338 e. The van der Waals surface area contributed by atoms with E-state index in [1.54, 1.807) is 43.3 Å². The van der Waals surface area contributed by atoms with Crippen LogP contribution in [0.5, 0.6) is 17.2 Å². The third-order valence-corrected chi connectivity index (χ3v) is 7.71. The SMILES string of the molecule is CCCC1=C(C(=O)OCC)[C@H](c2cc(Cl)ccc2OC)n2c(s/c(=C/c3cc(Cl)c(OC)c(OCC)c3)c2=O)=N1. The molecule has 212 valence electrons. The van der Waals surface area contributed by atoms with Crippen molar-refractivity contribution in [2.75, 3.05) is 27.4 Å². The fraction of sp³-hybridized carbons (Fsp3) is 0.345. The van der Waals surface area contributed by atoms with Gasteiger partial charge in [0.2, 0.25) is 0 Å². The van der Waals surface area contributed by atoms with Gasteiger partial charge in [-0.1, -0.05) is 47.9 Å². The maximum atomic E-state index is 14.0. The maximum absolute atomic E-state index is 14.0. The number of halogens is 2. The Hall–Kier alpha value is -3.27. The molecule has 0 saturated heterocycles. The number of fused-ring (bicyclic) bond motifs is 1. The van der Waals surface area contributed by atoms with Crippen LogP contribution in [0.3, 0.4) is 0 Å². The molecule has 4 rings (SSSR count). The van der Waals surface area contributed by atoms with Crippen molar-refractivity contribution in [3.8, 4) is 17.2 Å². The third kappa shape index (κ3) is 5.77. The molecule has 0 spiro atoms. The number of nitrogens with zero attached hydrogens (tertiary/aromatic N) is 2. The van der Waals surface area contributed by atoms with Crippen molar-refractivity contribution in [3.05, 3.63) is 82.5 Å². The Morgan fingerprint density at radius 1 is 1.07 bits per heavy atom. The number of benzene rings is 2. The molecule has 40 heavy (non-hydrogen) atoms. The van der Waals surface area contributed by atoms with Crippen LogP contribution in [0.15, 0.2) is 51.4 Å². The Kier molecular flexibility index (Phi) is 9.60. The highest BCUT2D eigenvalue weighted by molar-refractivity contribution is 7.07. The second kappa shape index (κ2) is 12.9. The molecule has 0 radical (unpaired) electrons. The van der Waals surface area contributed by atoms with E-state index in [0.717, 1.165) is 6.42 Å². The molecule has 2 aromatic carbocycles. The van der Waals surface area contributed by atoms with Crippen LogP contribution in [0, 0.1) is 0 Å². The minimum absolute atomic E-state index is 0.173. The lowest BCUT2D eigenvalue weighted by atomic mass is 9.93. The first-order valence-electron chi connectivity index (χ1n) is 12.8. The Morgan fingerprint density at radius 3 is 2.50 bits per heavy atom. The normalized spacial score (nSPS) is 15.0. The summed E-state index contributed by atoms with van der Waals surface area (Å²) in [6.45, 7) is 6.18. The van der Waals surface area contributed by atoms with Crippen LogP contribution in [0.1, 0.15) is 50.8 Å². The van der Waals surface area contributed by atoms with E-state index < -0.39 is 12.0 Å². The Bertz CT molecular complexity index is 1640. The van der Waals surface area contributed by atoms with Crippen LogP contribution in [0.2, 0.25) is 10.0 Å². The molecule has 0 aliphatic carbocycles. The first-order chi connectivity index (χ1) is 19.3. The molecule has 1 aromatic heterocycles. The number of aromatic nitrogens is 1. The summed E-state index contributed by atoms with van der Waals surface area (Å²) in [5.41, 5.74) is 1.72. The van der Waals surface area contributed by atoms with Gasteiger partial charge in [0.1, 0.15) is 11.8 Å². The van der Waals surface area contributed by atoms with E-state index in [2.05, 4.69) is 0 Å². The predicted octanol–water partition coefficient (Wildman–Crippen LogP) is 5.30. The summed E-state index contributed by atoms with van der Waals surface area (Å²) in [6.07, 6.45) is 2.97. The van der Waals surface area contributed by atoms with Gasteiger partial charge >= 0.3 is 5.97 Å². The summed E-state index contributed by atoms with van der Waals surface area (Å²) in [6, 6.07) is 7.71. The van der Waals surface area contributed by atoms with Crippen molar-refractivity contribution in [1.82, 2.24) is 4.57 Å². The van der Waals surface area contributed by atoms with Gasteiger partial charge in [-0.05, 0) is 62.2 Å². The van der Waals surface area contributed by atoms with Crippen molar-refractivity contribution in [2.24, 2.45) is 4.99 Å². The second-order valence-corrected chi connectivity index (χ2v) is 10.6. The molecule has 1 aliphatic rings. The van der Waals surface area contributed by atoms with E-state index in [4.69, 9.17) is 47.1 Å². The monoisotopic (exact) mass is 604 g/mol. The van der Waals surface area contributed by atoms with E-state index in [0.29, 0.717) is 66.5 Å². The molecule has 11 heteroatoms. The molecule has 0 fully saturated rings. The fourth-order valence-electron chi connectivity index (χ4n) is 4.62. The molecule has 0 amide bonds. The standard InChI is InChI=1S/C29H30Cl2N2O6S/c1-6-9-20-24(28(35)39-8-3)25(18-15-17(30)10-11-21(18)36-4)33-27(34)23(40-29(33)32-20)14-16-12-19(31)26(37-5)22(13-16)38-7-2/h10-15,25H,6-9H2,1-5H3/b23-14+/t25-/m0/s1. The van der Waals surface area contributed by atoms with Crippen molar-refractivity contribution in [1.29, 1.82) is 0 Å². The number of allylic oxidation sites excluding steroid dienone is 1. The number of ether oxygens (including phenoxy) is 4. The minimum atomic E-state index is -0.855. The molecule has 8 nitrogen and oxygen atoms in total. The van der Waals surface area contributed by atoms with E-state index in [1.807, 2.05) is 13.8 Å². The van der Waals surface area contributed by atoms with Gasteiger partial charge in [0.25, 0.3) is 5.56 Å². The van der Waals surface area contributed by atoms with E-state index in [9.17, 15) is 9.59 Å². The van der Waals surface area contributed by atoms with E-state index in [1.165, 1.54) is 30.1 Å². The summed E-state index contributed by atoms with van der Waals surface area (Å²) in [5, 5.41) is 0.787. The van der Waals surface area contributed by atoms with Gasteiger partial charge in [0, 0.05) is 10.6 Å². The Labute approximate surface area is 246 Å². The number of hydrogen-bond donors (Lipinski definition) is 0. The highest BCUT2D eigenvalue weighted by atomic mass is 35.5. The van der Waals surface area contributed by atoms with Gasteiger partial charge < -0.3 is 18.9 Å². The van der Waals surface area contributed by atoms with Gasteiger partial charge in [-0.15, -0.1) is 0 Å². The lowest BCUT2D eigenvalue weighted by molar-refractivity contribution is -0.139. The van der Waals surface area contributed by atoms with E-state index >= 15 is 0 Å². The topological polar surface area (TPSA) is 88.4 Å². The van der Waals surface area contributed by atoms with Gasteiger partial charge in [0.05, 0.1) is 48.3 Å². The number of carbonyl (C=O) groups is 1. The molecular weight excluding hydrogens is 575 g/mol. The molecule has 1 aliphatic heterocycles. The van der Waals surface area contributed by atoms with Crippen LogP contribution >= 0.6 is 34.5 Å². The van der Waals surface area contributed by atoms with E-state index in [-0.39, 0.29) is 17.7 Å². The first kappa shape index (κ1) is 29.7. The molecule has 0 bridgehead atoms. The predicted molar refractivity (Wildman–Crippen MR) is 157 cm³/mol. The molecule has 2 heterocycles. The Morgan fingerprint density at radius 2 is 1.85 bits per heavy atom. The van der Waals surface area contributed by atoms with Crippen LogP contribution < -0.4 is 29.1 Å². The minimum Gasteiger partial charge on any atom is -0.496 e. The number of thiazole rings is 1. The summed E-state index contributed by atoms with van der Waals surface area (Å²) < 4.78 is 24.1. The number of esters is 1. The summed E-state index contributed by atoms with van der Waals surface area (Å²) in [5.74, 6) is 0.817.